The summed E-state index contributed by atoms with van der Waals surface area (Å²) in [5.74, 6) is 0.543. The number of carbonyl (C=O) groups excluding carboxylic acids is 1. The molecule has 3 aromatic rings. The lowest BCUT2D eigenvalue weighted by Crippen LogP contribution is -2.27. The molecule has 0 unspecified atom stereocenters. The predicted molar refractivity (Wildman–Crippen MR) is 157 cm³/mol. The number of nitrogens with one attached hydrogen (secondary N) is 2. The molecule has 1 radical (unpaired) electrons. The number of carbonyl (C=O) groups is 1. The third-order valence-electron chi connectivity index (χ3n) is 8.10. The Labute approximate surface area is 248 Å². The quantitative estimate of drug-likeness (QED) is 0.207. The number of ether oxygens (including phenoxy) is 1. The topological polar surface area (TPSA) is 167 Å². The van der Waals surface area contributed by atoms with Gasteiger partial charge in [0.05, 0.1) is 28.8 Å². The molecule has 1 saturated carbocycles. The van der Waals surface area contributed by atoms with E-state index in [1.165, 1.54) is 36.7 Å². The van der Waals surface area contributed by atoms with E-state index in [2.05, 4.69) is 32.3 Å². The van der Waals surface area contributed by atoms with Gasteiger partial charge in [-0.05, 0) is 56.7 Å². The molecule has 4 N–H and O–H groups in total. The molecule has 1 aliphatic carbocycles. The van der Waals surface area contributed by atoms with Crippen LogP contribution in [-0.4, -0.2) is 70.7 Å². The monoisotopic (exact) mass is 613 g/mol. The Kier molecular flexibility index (Phi) is 8.26. The van der Waals surface area contributed by atoms with E-state index >= 15 is 0 Å². The first-order valence-corrected chi connectivity index (χ1v) is 16.3. The van der Waals surface area contributed by atoms with Gasteiger partial charge in [-0.25, -0.2) is 15.0 Å². The van der Waals surface area contributed by atoms with Crippen molar-refractivity contribution in [3.8, 4) is 0 Å². The maximum Gasteiger partial charge on any atom is 0.333 e. The lowest BCUT2D eigenvalue weighted by atomic mass is 9.97. The van der Waals surface area contributed by atoms with Crippen LogP contribution in [0.3, 0.4) is 0 Å². The highest BCUT2D eigenvalue weighted by Gasteiger charge is 2.35. The van der Waals surface area contributed by atoms with Crippen molar-refractivity contribution < 1.29 is 27.6 Å². The molecule has 4 atom stereocenters. The van der Waals surface area contributed by atoms with Crippen molar-refractivity contribution in [1.29, 1.82) is 0 Å². The molecule has 0 aromatic carbocycles. The van der Waals surface area contributed by atoms with Gasteiger partial charge in [0, 0.05) is 48.2 Å². The zero-order chi connectivity index (χ0) is 29.4. The molecule has 5 heterocycles. The first-order valence-electron chi connectivity index (χ1n) is 14.0. The molecular weight excluding hydrogens is 580 g/mol. The van der Waals surface area contributed by atoms with E-state index in [0.29, 0.717) is 35.7 Å². The van der Waals surface area contributed by atoms with E-state index in [-0.39, 0.29) is 17.9 Å². The standard InChI is InChI=1S/C28H33N6O6S2/c1-16-20(27-25-17(6-9-40-27)4-5-24(33-25)34-7-2-3-8-34)12-23(41-16)26(36)21-14-29-15-30-28(21)32-19-10-18(22(35)11-19)13-31-42(37,38)39/h4-5,12-15,18-19,22,27,31,35H,2-3,6-11H2,1H3,(H,29,30,32)(H,37,38,39)/t18-,19-,22+,27-/m1/s1. The average molecular weight is 614 g/mol. The van der Waals surface area contributed by atoms with Gasteiger partial charge in [-0.3, -0.25) is 9.35 Å². The molecule has 1 saturated heterocycles. The minimum atomic E-state index is -4.41. The molecule has 223 valence electrons. The van der Waals surface area contributed by atoms with Gasteiger partial charge in [-0.15, -0.1) is 11.3 Å². The van der Waals surface area contributed by atoms with Crippen LogP contribution in [0.15, 0.2) is 30.7 Å². The van der Waals surface area contributed by atoms with Gasteiger partial charge in [0.1, 0.15) is 24.1 Å². The fraction of sp³-hybridized carbons (Fsp3) is 0.464. The molecule has 0 spiro atoms. The minimum Gasteiger partial charge on any atom is -0.393 e. The summed E-state index contributed by atoms with van der Waals surface area (Å²) in [6, 6.07) is 5.85. The number of pyridine rings is 1. The van der Waals surface area contributed by atoms with Crippen LogP contribution >= 0.6 is 11.3 Å². The highest BCUT2D eigenvalue weighted by molar-refractivity contribution is 7.83. The second-order valence-electron chi connectivity index (χ2n) is 10.9. The molecule has 12 nitrogen and oxygen atoms in total. The van der Waals surface area contributed by atoms with Crippen molar-refractivity contribution in [2.45, 2.75) is 57.3 Å². The van der Waals surface area contributed by atoms with Crippen LogP contribution in [0.4, 0.5) is 11.6 Å². The minimum absolute atomic E-state index is 0.234. The summed E-state index contributed by atoms with van der Waals surface area (Å²) >= 11 is 1.39. The summed E-state index contributed by atoms with van der Waals surface area (Å²) in [7, 11) is -4.41. The number of hydrogen-bond donors (Lipinski definition) is 4. The first-order chi connectivity index (χ1) is 20.2. The first kappa shape index (κ1) is 29.1. The predicted octanol–water partition coefficient (Wildman–Crippen LogP) is 2.84. The molecule has 2 aliphatic heterocycles. The Morgan fingerprint density at radius 3 is 2.83 bits per heavy atom. The van der Waals surface area contributed by atoms with Gasteiger partial charge in [0.25, 0.3) is 0 Å². The summed E-state index contributed by atoms with van der Waals surface area (Å²) in [6.45, 7) is 5.73. The maximum atomic E-state index is 13.8. The van der Waals surface area contributed by atoms with Crippen molar-refractivity contribution in [3.63, 3.8) is 0 Å². The third-order valence-corrected chi connectivity index (χ3v) is 9.60. The molecule has 0 amide bonds. The number of nitrogens with zero attached hydrogens (tertiary/aromatic N) is 4. The van der Waals surface area contributed by atoms with Gasteiger partial charge in [0.15, 0.2) is 0 Å². The molecule has 2 fully saturated rings. The number of fused-ring (bicyclic) bond motifs is 1. The fourth-order valence-electron chi connectivity index (χ4n) is 5.98. The van der Waals surface area contributed by atoms with Gasteiger partial charge >= 0.3 is 10.3 Å². The zero-order valence-corrected chi connectivity index (χ0v) is 24.7. The summed E-state index contributed by atoms with van der Waals surface area (Å²) in [5, 5.41) is 13.6. The van der Waals surface area contributed by atoms with Gasteiger partial charge in [-0.1, -0.05) is 6.07 Å². The van der Waals surface area contributed by atoms with E-state index in [1.807, 2.05) is 17.7 Å². The molecule has 0 bridgehead atoms. The van der Waals surface area contributed by atoms with Crippen LogP contribution < -0.4 is 14.9 Å². The number of ketones is 1. The van der Waals surface area contributed by atoms with E-state index in [1.54, 1.807) is 0 Å². The van der Waals surface area contributed by atoms with E-state index in [9.17, 15) is 18.3 Å². The second kappa shape index (κ2) is 11.9. The molecule has 6 rings (SSSR count). The molecule has 14 heteroatoms. The van der Waals surface area contributed by atoms with Crippen LogP contribution in [0.2, 0.25) is 0 Å². The summed E-state index contributed by atoms with van der Waals surface area (Å²) < 4.78 is 39.2. The van der Waals surface area contributed by atoms with E-state index < -0.39 is 22.3 Å². The van der Waals surface area contributed by atoms with Crippen LogP contribution in [-0.2, 0) is 21.5 Å². The van der Waals surface area contributed by atoms with Crippen LogP contribution in [0, 0.1) is 19.4 Å². The van der Waals surface area contributed by atoms with Gasteiger partial charge < -0.3 is 20.1 Å². The Morgan fingerprint density at radius 2 is 2.05 bits per heavy atom. The van der Waals surface area contributed by atoms with Crippen molar-refractivity contribution >= 4 is 39.1 Å². The Morgan fingerprint density at radius 1 is 1.24 bits per heavy atom. The molecule has 42 heavy (non-hydrogen) atoms. The average Bonchev–Trinajstić information content (AvgIpc) is 3.71. The molecule has 3 aromatic heterocycles. The zero-order valence-electron chi connectivity index (χ0n) is 23.1. The normalized spacial score (nSPS) is 24.1. The Bertz CT molecular complexity index is 1570. The number of thiophene rings is 1. The Hall–Kier alpha value is -3.01. The smallest absolute Gasteiger partial charge is 0.333 e. The second-order valence-corrected chi connectivity index (χ2v) is 13.4. The summed E-state index contributed by atoms with van der Waals surface area (Å²) in [4.78, 5) is 31.0. The fourth-order valence-corrected chi connectivity index (χ4v) is 7.33. The Balaban J connectivity index is 1.21. The van der Waals surface area contributed by atoms with E-state index in [0.717, 1.165) is 53.6 Å². The number of aliphatic hydroxyl groups excluding tert-OH is 1. The van der Waals surface area contributed by atoms with Gasteiger partial charge in [0.2, 0.25) is 5.78 Å². The summed E-state index contributed by atoms with van der Waals surface area (Å²) in [6.07, 6.45) is 5.42. The van der Waals surface area contributed by atoms with Crippen LogP contribution in [0.1, 0.15) is 68.7 Å². The van der Waals surface area contributed by atoms with Gasteiger partial charge in [-0.2, -0.15) is 13.1 Å². The number of hydrogen-bond acceptors (Lipinski definition) is 11. The lowest BCUT2D eigenvalue weighted by Gasteiger charge is -2.27. The van der Waals surface area contributed by atoms with Crippen LogP contribution in [0.25, 0.3) is 0 Å². The van der Waals surface area contributed by atoms with Crippen molar-refractivity contribution in [1.82, 2.24) is 19.7 Å². The third kappa shape index (κ3) is 6.19. The van der Waals surface area contributed by atoms with Crippen molar-refractivity contribution in [2.24, 2.45) is 5.92 Å². The van der Waals surface area contributed by atoms with Crippen molar-refractivity contribution in [2.75, 3.05) is 29.9 Å². The number of aliphatic hydroxyl groups is 1. The molecule has 3 aliphatic rings. The largest absolute Gasteiger partial charge is 0.393 e. The summed E-state index contributed by atoms with van der Waals surface area (Å²) in [5.41, 5.74) is 3.29. The van der Waals surface area contributed by atoms with Crippen molar-refractivity contribution in [3.05, 3.63) is 69.4 Å². The number of rotatable bonds is 9. The highest BCUT2D eigenvalue weighted by atomic mass is 32.2. The lowest BCUT2D eigenvalue weighted by molar-refractivity contribution is 0.0664. The maximum absolute atomic E-state index is 13.8. The van der Waals surface area contributed by atoms with E-state index in [4.69, 9.17) is 14.3 Å². The SMILES string of the molecule is Cc1sc(C(=O)c2cncnc2N[C@H]2C[C@H](O)[C@@H]([CH]NS(=O)(=O)O)C2)cc1[C@H]1OCCc2ccc(N3CCCC3)nc21. The van der Waals surface area contributed by atoms with Crippen LogP contribution in [0.5, 0.6) is 0 Å². The highest BCUT2D eigenvalue weighted by Crippen LogP contribution is 2.39. The number of aryl methyl sites for hydroxylation is 1. The molecular formula is C28H33N6O6S2. The number of aromatic nitrogens is 3. The number of anilines is 2.